The second kappa shape index (κ2) is 5.10. The molecule has 3 aromatic rings. The predicted octanol–water partition coefficient (Wildman–Crippen LogP) is 2.66. The van der Waals surface area contributed by atoms with Gasteiger partial charge in [0, 0.05) is 6.20 Å². The lowest BCUT2D eigenvalue weighted by Crippen LogP contribution is -2.34. The minimum Gasteiger partial charge on any atom is -0.336 e. The molecule has 0 aliphatic carbocycles. The van der Waals surface area contributed by atoms with Crippen LogP contribution in [0.15, 0.2) is 53.2 Å². The molecule has 0 aliphatic rings. The molecule has 2 heterocycles. The number of rotatable bonds is 3. The van der Waals surface area contributed by atoms with Gasteiger partial charge in [-0.25, -0.2) is 0 Å². The molecule has 0 bridgehead atoms. The molecule has 21 heavy (non-hydrogen) atoms. The summed E-state index contributed by atoms with van der Waals surface area (Å²) in [7, 11) is 0. The summed E-state index contributed by atoms with van der Waals surface area (Å²) in [6.07, 6.45) is 1.71. The summed E-state index contributed by atoms with van der Waals surface area (Å²) in [5.41, 5.74) is 8.14. The van der Waals surface area contributed by atoms with Crippen LogP contribution in [-0.2, 0) is 5.54 Å². The summed E-state index contributed by atoms with van der Waals surface area (Å²) in [6.45, 7) is 3.81. The summed E-state index contributed by atoms with van der Waals surface area (Å²) in [4.78, 5) is 8.71. The molecule has 1 atom stereocenters. The maximum atomic E-state index is 6.37. The molecule has 0 spiro atoms. The number of pyridine rings is 1. The van der Waals surface area contributed by atoms with Crippen molar-refractivity contribution >= 4 is 0 Å². The molecule has 5 heteroatoms. The first kappa shape index (κ1) is 13.5. The maximum absolute atomic E-state index is 6.37. The van der Waals surface area contributed by atoms with Crippen LogP contribution in [0.5, 0.6) is 0 Å². The third kappa shape index (κ3) is 2.43. The molecule has 1 aromatic carbocycles. The minimum atomic E-state index is -0.838. The first-order chi connectivity index (χ1) is 10.1. The van der Waals surface area contributed by atoms with E-state index >= 15 is 0 Å². The van der Waals surface area contributed by atoms with Crippen LogP contribution in [0.1, 0.15) is 23.9 Å². The zero-order valence-electron chi connectivity index (χ0n) is 11.9. The van der Waals surface area contributed by atoms with Crippen molar-refractivity contribution in [2.45, 2.75) is 19.4 Å². The normalized spacial score (nSPS) is 13.9. The van der Waals surface area contributed by atoms with Crippen LogP contribution in [0.4, 0.5) is 0 Å². The van der Waals surface area contributed by atoms with Gasteiger partial charge in [-0.2, -0.15) is 4.98 Å². The summed E-state index contributed by atoms with van der Waals surface area (Å²) in [5, 5.41) is 4.01. The van der Waals surface area contributed by atoms with Crippen LogP contribution in [0.3, 0.4) is 0 Å². The first-order valence-electron chi connectivity index (χ1n) is 6.69. The number of nitrogens with two attached hydrogens (primary N) is 1. The lowest BCUT2D eigenvalue weighted by molar-refractivity contribution is 0.325. The van der Waals surface area contributed by atoms with E-state index in [0.717, 1.165) is 11.1 Å². The Kier molecular flexibility index (Phi) is 3.27. The molecule has 0 saturated heterocycles. The number of hydrogen-bond acceptors (Lipinski definition) is 5. The van der Waals surface area contributed by atoms with Gasteiger partial charge in [0.05, 0.1) is 0 Å². The van der Waals surface area contributed by atoms with E-state index in [0.29, 0.717) is 17.4 Å². The molecule has 0 aliphatic heterocycles. The summed E-state index contributed by atoms with van der Waals surface area (Å²) in [5.74, 6) is 0.824. The van der Waals surface area contributed by atoms with Gasteiger partial charge in [0.2, 0.25) is 5.82 Å². The highest BCUT2D eigenvalue weighted by molar-refractivity contribution is 5.53. The minimum absolute atomic E-state index is 0.369. The van der Waals surface area contributed by atoms with E-state index in [2.05, 4.69) is 15.1 Å². The number of benzene rings is 1. The van der Waals surface area contributed by atoms with Gasteiger partial charge in [-0.15, -0.1) is 0 Å². The Morgan fingerprint density at radius 1 is 1.10 bits per heavy atom. The van der Waals surface area contributed by atoms with E-state index in [1.807, 2.05) is 56.3 Å². The van der Waals surface area contributed by atoms with Crippen molar-refractivity contribution in [1.82, 2.24) is 15.1 Å². The molecule has 0 fully saturated rings. The van der Waals surface area contributed by atoms with E-state index in [1.165, 1.54) is 0 Å². The average molecular weight is 280 g/mol. The molecule has 2 aromatic heterocycles. The summed E-state index contributed by atoms with van der Waals surface area (Å²) < 4.78 is 5.37. The van der Waals surface area contributed by atoms with Gasteiger partial charge in [-0.1, -0.05) is 41.6 Å². The maximum Gasteiger partial charge on any atom is 0.251 e. The molecule has 3 rings (SSSR count). The Hall–Kier alpha value is -2.53. The topological polar surface area (TPSA) is 77.8 Å². The monoisotopic (exact) mass is 280 g/mol. The molecule has 1 unspecified atom stereocenters. The lowest BCUT2D eigenvalue weighted by atomic mass is 9.93. The van der Waals surface area contributed by atoms with Gasteiger partial charge in [-0.05, 0) is 31.0 Å². The highest BCUT2D eigenvalue weighted by Gasteiger charge is 2.30. The van der Waals surface area contributed by atoms with Gasteiger partial charge >= 0.3 is 0 Å². The van der Waals surface area contributed by atoms with Crippen molar-refractivity contribution in [3.05, 3.63) is 65.7 Å². The standard InChI is InChI=1S/C16H16N4O/c1-11-7-6-10-18-13(11)14-19-15(21-20-14)16(2,17)12-8-4-3-5-9-12/h3-10H,17H2,1-2H3. The summed E-state index contributed by atoms with van der Waals surface area (Å²) in [6, 6.07) is 13.5. The van der Waals surface area contributed by atoms with Crippen molar-refractivity contribution in [1.29, 1.82) is 0 Å². The third-order valence-electron chi connectivity index (χ3n) is 3.47. The average Bonchev–Trinajstić information content (AvgIpc) is 2.99. The van der Waals surface area contributed by atoms with Gasteiger partial charge in [0.15, 0.2) is 0 Å². The Morgan fingerprint density at radius 3 is 2.57 bits per heavy atom. The highest BCUT2D eigenvalue weighted by atomic mass is 16.5. The fourth-order valence-corrected chi connectivity index (χ4v) is 2.16. The quantitative estimate of drug-likeness (QED) is 0.798. The van der Waals surface area contributed by atoms with Crippen LogP contribution in [0.25, 0.3) is 11.5 Å². The number of nitrogens with zero attached hydrogens (tertiary/aromatic N) is 3. The van der Waals surface area contributed by atoms with Crippen LogP contribution < -0.4 is 5.73 Å². The Bertz CT molecular complexity index is 750. The molecule has 5 nitrogen and oxygen atoms in total. The zero-order valence-corrected chi connectivity index (χ0v) is 11.9. The summed E-state index contributed by atoms with van der Waals surface area (Å²) >= 11 is 0. The molecule has 106 valence electrons. The number of hydrogen-bond donors (Lipinski definition) is 1. The van der Waals surface area contributed by atoms with Crippen molar-refractivity contribution in [2.75, 3.05) is 0 Å². The van der Waals surface area contributed by atoms with Crippen molar-refractivity contribution in [3.8, 4) is 11.5 Å². The van der Waals surface area contributed by atoms with Gasteiger partial charge in [-0.3, -0.25) is 4.98 Å². The fraction of sp³-hybridized carbons (Fsp3) is 0.188. The Balaban J connectivity index is 2.01. The van der Waals surface area contributed by atoms with E-state index in [1.54, 1.807) is 6.20 Å². The highest BCUT2D eigenvalue weighted by Crippen LogP contribution is 2.27. The van der Waals surface area contributed by atoms with Crippen LogP contribution in [0.2, 0.25) is 0 Å². The van der Waals surface area contributed by atoms with E-state index in [9.17, 15) is 0 Å². The van der Waals surface area contributed by atoms with Crippen LogP contribution >= 0.6 is 0 Å². The Morgan fingerprint density at radius 2 is 1.86 bits per heavy atom. The van der Waals surface area contributed by atoms with Crippen molar-refractivity contribution in [2.24, 2.45) is 5.73 Å². The van der Waals surface area contributed by atoms with E-state index in [-0.39, 0.29) is 0 Å². The van der Waals surface area contributed by atoms with Crippen molar-refractivity contribution < 1.29 is 4.52 Å². The first-order valence-corrected chi connectivity index (χ1v) is 6.69. The predicted molar refractivity (Wildman–Crippen MR) is 79.3 cm³/mol. The van der Waals surface area contributed by atoms with Crippen LogP contribution in [0, 0.1) is 6.92 Å². The molecule has 0 radical (unpaired) electrons. The SMILES string of the molecule is Cc1cccnc1-c1noc(C(C)(N)c2ccccc2)n1. The second-order valence-electron chi connectivity index (χ2n) is 5.16. The lowest BCUT2D eigenvalue weighted by Gasteiger charge is -2.20. The molecule has 0 amide bonds. The largest absolute Gasteiger partial charge is 0.336 e. The molecule has 2 N–H and O–H groups in total. The second-order valence-corrected chi connectivity index (χ2v) is 5.16. The molecular weight excluding hydrogens is 264 g/mol. The number of aromatic nitrogens is 3. The van der Waals surface area contributed by atoms with Crippen LogP contribution in [-0.4, -0.2) is 15.1 Å². The fourth-order valence-electron chi connectivity index (χ4n) is 2.16. The Labute approximate surface area is 122 Å². The molecule has 0 saturated carbocycles. The number of aryl methyl sites for hydroxylation is 1. The van der Waals surface area contributed by atoms with Gasteiger partial charge < -0.3 is 10.3 Å². The third-order valence-corrected chi connectivity index (χ3v) is 3.47. The van der Waals surface area contributed by atoms with Gasteiger partial charge in [0.25, 0.3) is 5.89 Å². The van der Waals surface area contributed by atoms with E-state index < -0.39 is 5.54 Å². The zero-order chi connectivity index (χ0) is 14.9. The van der Waals surface area contributed by atoms with Crippen molar-refractivity contribution in [3.63, 3.8) is 0 Å². The van der Waals surface area contributed by atoms with Gasteiger partial charge in [0.1, 0.15) is 11.2 Å². The van der Waals surface area contributed by atoms with E-state index in [4.69, 9.17) is 10.3 Å². The smallest absolute Gasteiger partial charge is 0.251 e. The molecular formula is C16H16N4O.